The fourth-order valence-electron chi connectivity index (χ4n) is 4.61. The van der Waals surface area contributed by atoms with Crippen molar-refractivity contribution >= 4 is 21.8 Å². The van der Waals surface area contributed by atoms with Gasteiger partial charge in [0.1, 0.15) is 0 Å². The van der Waals surface area contributed by atoms with E-state index in [-0.39, 0.29) is 5.91 Å². The summed E-state index contributed by atoms with van der Waals surface area (Å²) in [6, 6.07) is 5.84. The van der Waals surface area contributed by atoms with E-state index in [4.69, 9.17) is 0 Å². The maximum Gasteiger partial charge on any atom is 0.254 e. The summed E-state index contributed by atoms with van der Waals surface area (Å²) in [5.74, 6) is 0.0497. The van der Waals surface area contributed by atoms with E-state index in [1.165, 1.54) is 25.7 Å². The predicted octanol–water partition coefficient (Wildman–Crippen LogP) is 3.38. The van der Waals surface area contributed by atoms with Crippen molar-refractivity contribution in [3.63, 3.8) is 0 Å². The number of aliphatic hydroxyl groups excluding tert-OH is 1. The minimum Gasteiger partial charge on any atom is -0.390 e. The van der Waals surface area contributed by atoms with Gasteiger partial charge in [-0.3, -0.25) is 9.69 Å². The molecule has 0 spiro atoms. The van der Waals surface area contributed by atoms with Crippen LogP contribution in [0.4, 0.5) is 0 Å². The van der Waals surface area contributed by atoms with Gasteiger partial charge in [0.2, 0.25) is 0 Å². The molecule has 3 aliphatic rings. The van der Waals surface area contributed by atoms with Crippen molar-refractivity contribution in [3.05, 3.63) is 44.9 Å². The van der Waals surface area contributed by atoms with Crippen LogP contribution in [0.1, 0.15) is 48.0 Å². The highest BCUT2D eigenvalue weighted by Crippen LogP contribution is 2.31. The Kier molecular flexibility index (Phi) is 5.48. The summed E-state index contributed by atoms with van der Waals surface area (Å²) in [6.45, 7) is 3.83. The molecule has 1 aromatic rings. The molecule has 0 fully saturated rings. The normalized spacial score (nSPS) is 22.2. The average molecular weight is 419 g/mol. The van der Waals surface area contributed by atoms with Gasteiger partial charge in [0, 0.05) is 42.8 Å². The Morgan fingerprint density at radius 2 is 1.85 bits per heavy atom. The van der Waals surface area contributed by atoms with Crippen molar-refractivity contribution in [3.8, 4) is 0 Å². The van der Waals surface area contributed by atoms with Crippen molar-refractivity contribution in [1.29, 1.82) is 0 Å². The molecule has 0 aromatic heterocycles. The van der Waals surface area contributed by atoms with E-state index in [1.54, 1.807) is 11.1 Å². The Balaban J connectivity index is 1.34. The summed E-state index contributed by atoms with van der Waals surface area (Å²) >= 11 is 3.47. The Morgan fingerprint density at radius 3 is 2.69 bits per heavy atom. The number of amides is 1. The fraction of sp³-hybridized carbons (Fsp3) is 0.571. The number of halogens is 1. The number of nitrogens with zero attached hydrogens (tertiary/aromatic N) is 2. The summed E-state index contributed by atoms with van der Waals surface area (Å²) < 4.78 is 1.01. The molecular formula is C21H27BrN2O2. The minimum absolute atomic E-state index is 0.0497. The van der Waals surface area contributed by atoms with Crippen LogP contribution in [0.3, 0.4) is 0 Å². The van der Waals surface area contributed by atoms with E-state index < -0.39 is 6.10 Å². The second-order valence-corrected chi connectivity index (χ2v) is 8.77. The van der Waals surface area contributed by atoms with E-state index in [9.17, 15) is 9.90 Å². The zero-order valence-electron chi connectivity index (χ0n) is 15.2. The molecule has 5 heteroatoms. The van der Waals surface area contributed by atoms with Crippen LogP contribution in [0.15, 0.2) is 33.8 Å². The molecule has 140 valence electrons. The molecule has 4 rings (SSSR count). The smallest absolute Gasteiger partial charge is 0.254 e. The van der Waals surface area contributed by atoms with Crippen LogP contribution in [0.25, 0.3) is 0 Å². The minimum atomic E-state index is -0.485. The van der Waals surface area contributed by atoms with Crippen molar-refractivity contribution in [2.75, 3.05) is 32.7 Å². The van der Waals surface area contributed by atoms with E-state index in [2.05, 4.69) is 20.8 Å². The Bertz CT molecular complexity index is 731. The van der Waals surface area contributed by atoms with Gasteiger partial charge < -0.3 is 10.0 Å². The molecule has 26 heavy (non-hydrogen) atoms. The average Bonchev–Trinajstić information content (AvgIpc) is 2.64. The molecule has 4 nitrogen and oxygen atoms in total. The number of aliphatic hydroxyl groups is 1. The van der Waals surface area contributed by atoms with Crippen LogP contribution in [-0.2, 0) is 6.42 Å². The van der Waals surface area contributed by atoms with Gasteiger partial charge in [0.25, 0.3) is 5.91 Å². The molecule has 1 amide bonds. The lowest BCUT2D eigenvalue weighted by Gasteiger charge is -2.36. The zero-order valence-corrected chi connectivity index (χ0v) is 16.8. The third-order valence-corrected chi connectivity index (χ3v) is 6.48. The lowest BCUT2D eigenvalue weighted by atomic mass is 9.87. The molecule has 0 bridgehead atoms. The topological polar surface area (TPSA) is 43.8 Å². The van der Waals surface area contributed by atoms with E-state index in [0.29, 0.717) is 19.6 Å². The van der Waals surface area contributed by atoms with Crippen LogP contribution >= 0.6 is 15.9 Å². The third kappa shape index (κ3) is 3.90. The number of rotatable bonds is 4. The number of benzene rings is 1. The number of hydrogen-bond acceptors (Lipinski definition) is 3. The largest absolute Gasteiger partial charge is 0.390 e. The Morgan fingerprint density at radius 1 is 1.04 bits per heavy atom. The molecule has 0 saturated heterocycles. The molecule has 2 heterocycles. The van der Waals surface area contributed by atoms with Crippen LogP contribution in [0, 0.1) is 0 Å². The van der Waals surface area contributed by atoms with Crippen LogP contribution in [0.2, 0.25) is 0 Å². The monoisotopic (exact) mass is 418 g/mol. The summed E-state index contributed by atoms with van der Waals surface area (Å²) in [5.41, 5.74) is 5.17. The van der Waals surface area contributed by atoms with Gasteiger partial charge in [-0.2, -0.15) is 0 Å². The molecule has 1 N–H and O–H groups in total. The fourth-order valence-corrected chi connectivity index (χ4v) is 5.02. The predicted molar refractivity (Wildman–Crippen MR) is 106 cm³/mol. The zero-order chi connectivity index (χ0) is 18.1. The first kappa shape index (κ1) is 18.2. The number of β-amino-alcohol motifs (C(OH)–C–C–N with tert-alkyl or cyclic N) is 1. The van der Waals surface area contributed by atoms with Gasteiger partial charge in [-0.05, 0) is 62.3 Å². The van der Waals surface area contributed by atoms with Crippen LogP contribution in [0.5, 0.6) is 0 Å². The van der Waals surface area contributed by atoms with Crippen LogP contribution in [-0.4, -0.2) is 59.6 Å². The van der Waals surface area contributed by atoms with E-state index in [0.717, 1.165) is 41.5 Å². The molecule has 2 aliphatic heterocycles. The highest BCUT2D eigenvalue weighted by molar-refractivity contribution is 9.10. The lowest BCUT2D eigenvalue weighted by molar-refractivity contribution is 0.0512. The molecular weight excluding hydrogens is 392 g/mol. The molecule has 0 radical (unpaired) electrons. The molecule has 1 unspecified atom stereocenters. The first-order valence-electron chi connectivity index (χ1n) is 9.78. The SMILES string of the molecule is O=C1c2ccc(Br)cc2CCN1CC(O)CN1CCC2=C(CCCC2)C1. The quantitative estimate of drug-likeness (QED) is 0.762. The number of fused-ring (bicyclic) bond motifs is 1. The van der Waals surface area contributed by atoms with Gasteiger partial charge in [-0.25, -0.2) is 0 Å². The maximum absolute atomic E-state index is 12.7. The number of hydrogen-bond donors (Lipinski definition) is 1. The molecule has 0 saturated carbocycles. The Labute approximate surface area is 164 Å². The van der Waals surface area contributed by atoms with E-state index in [1.807, 2.05) is 23.1 Å². The van der Waals surface area contributed by atoms with Gasteiger partial charge in [0.05, 0.1) is 6.10 Å². The van der Waals surface area contributed by atoms with Crippen molar-refractivity contribution in [2.45, 2.75) is 44.6 Å². The van der Waals surface area contributed by atoms with E-state index >= 15 is 0 Å². The molecule has 1 atom stereocenters. The highest BCUT2D eigenvalue weighted by atomic mass is 79.9. The maximum atomic E-state index is 12.7. The second kappa shape index (κ2) is 7.83. The number of carbonyl (C=O) groups excluding carboxylic acids is 1. The summed E-state index contributed by atoms with van der Waals surface area (Å²) in [6.07, 6.45) is 6.70. The summed E-state index contributed by atoms with van der Waals surface area (Å²) in [5, 5.41) is 10.6. The highest BCUT2D eigenvalue weighted by Gasteiger charge is 2.28. The first-order chi connectivity index (χ1) is 12.6. The van der Waals surface area contributed by atoms with Crippen LogP contribution < -0.4 is 0 Å². The second-order valence-electron chi connectivity index (χ2n) is 7.86. The first-order valence-corrected chi connectivity index (χ1v) is 10.6. The number of carbonyl (C=O) groups is 1. The van der Waals surface area contributed by atoms with Gasteiger partial charge in [0.15, 0.2) is 0 Å². The summed E-state index contributed by atoms with van der Waals surface area (Å²) in [7, 11) is 0. The van der Waals surface area contributed by atoms with Crippen molar-refractivity contribution in [1.82, 2.24) is 9.80 Å². The van der Waals surface area contributed by atoms with Crippen molar-refractivity contribution in [2.24, 2.45) is 0 Å². The standard InChI is InChI=1S/C21H27BrN2O2/c22-18-5-6-20-16(11-18)8-10-24(21(20)26)14-19(25)13-23-9-7-15-3-1-2-4-17(15)12-23/h5-6,11,19,25H,1-4,7-10,12-14H2. The van der Waals surface area contributed by atoms with Gasteiger partial charge in [-0.1, -0.05) is 27.1 Å². The lowest BCUT2D eigenvalue weighted by Crippen LogP contribution is -2.46. The summed E-state index contributed by atoms with van der Waals surface area (Å²) in [4.78, 5) is 16.9. The Hall–Kier alpha value is -1.17. The van der Waals surface area contributed by atoms with Crippen molar-refractivity contribution < 1.29 is 9.90 Å². The molecule has 1 aliphatic carbocycles. The van der Waals surface area contributed by atoms with Gasteiger partial charge >= 0.3 is 0 Å². The third-order valence-electron chi connectivity index (χ3n) is 5.99. The van der Waals surface area contributed by atoms with Gasteiger partial charge in [-0.15, -0.1) is 0 Å². The molecule has 1 aromatic carbocycles.